The van der Waals surface area contributed by atoms with Crippen molar-refractivity contribution in [3.05, 3.63) is 31.8 Å². The van der Waals surface area contributed by atoms with Crippen LogP contribution in [0.3, 0.4) is 0 Å². The maximum Gasteiger partial charge on any atom is 0.0546 e. The van der Waals surface area contributed by atoms with E-state index < -0.39 is 0 Å². The van der Waals surface area contributed by atoms with Gasteiger partial charge in [-0.15, -0.1) is 0 Å². The normalized spacial score (nSPS) is 9.67. The lowest BCUT2D eigenvalue weighted by Gasteiger charge is -1.92. The third-order valence-electron chi connectivity index (χ3n) is 0.818. The molecule has 0 N–H and O–H groups in total. The van der Waals surface area contributed by atoms with Gasteiger partial charge >= 0.3 is 0 Å². The maximum absolute atomic E-state index is 5.68. The Labute approximate surface area is 77.3 Å². The molecule has 0 aliphatic rings. The number of hydrogen-bond acceptors (Lipinski definition) is 0. The van der Waals surface area contributed by atoms with E-state index in [0.717, 1.165) is 3.57 Å². The highest BCUT2D eigenvalue weighted by atomic mass is 127. The fraction of sp³-hybridized carbons (Fsp3) is 0. The van der Waals surface area contributed by atoms with Gasteiger partial charge < -0.3 is 0 Å². The first-order valence-electron chi connectivity index (χ1n) is 2.22. The molecule has 1 radical (unpaired) electrons. The van der Waals surface area contributed by atoms with Gasteiger partial charge in [-0.25, -0.2) is 0 Å². The molecule has 0 aliphatic heterocycles. The number of rotatable bonds is 0. The highest BCUT2D eigenvalue weighted by Crippen LogP contribution is 2.20. The summed E-state index contributed by atoms with van der Waals surface area (Å²) in [6.07, 6.45) is 0. The maximum atomic E-state index is 5.68. The van der Waals surface area contributed by atoms with Gasteiger partial charge in [-0.1, -0.05) is 23.2 Å². The van der Waals surface area contributed by atoms with Crippen molar-refractivity contribution in [3.63, 3.8) is 0 Å². The van der Waals surface area contributed by atoms with E-state index in [1.54, 1.807) is 12.1 Å². The zero-order valence-electron chi connectivity index (χ0n) is 4.29. The fourth-order valence-electron chi connectivity index (χ4n) is 0.423. The summed E-state index contributed by atoms with van der Waals surface area (Å²) < 4.78 is 0.956. The molecule has 0 saturated heterocycles. The largest absolute Gasteiger partial charge is 0.0836 e. The smallest absolute Gasteiger partial charge is 0.0546 e. The molecule has 1 rings (SSSR count). The molecule has 0 atom stereocenters. The van der Waals surface area contributed by atoms with Crippen LogP contribution in [0.1, 0.15) is 0 Å². The molecule has 0 nitrogen and oxygen atoms in total. The van der Waals surface area contributed by atoms with E-state index in [9.17, 15) is 0 Å². The molecule has 47 valence electrons. The van der Waals surface area contributed by atoms with E-state index in [2.05, 4.69) is 28.7 Å². The molecule has 0 heterocycles. The van der Waals surface area contributed by atoms with Crippen LogP contribution in [0.5, 0.6) is 0 Å². The summed E-state index contributed by atoms with van der Waals surface area (Å²) >= 11 is 13.4. The Morgan fingerprint density at radius 2 is 2.11 bits per heavy atom. The Balaban J connectivity index is 3.17. The first kappa shape index (κ1) is 7.63. The molecule has 0 aliphatic carbocycles. The van der Waals surface area contributed by atoms with Gasteiger partial charge in [0.1, 0.15) is 0 Å². The molecule has 1 aromatic rings. The van der Waals surface area contributed by atoms with Gasteiger partial charge in [-0.05, 0) is 34.7 Å². The topological polar surface area (TPSA) is 0 Å². The second-order valence-corrected chi connectivity index (χ2v) is 3.45. The molecule has 0 aromatic heterocycles. The van der Waals surface area contributed by atoms with E-state index in [1.165, 1.54) is 0 Å². The van der Waals surface area contributed by atoms with Gasteiger partial charge in [-0.3, -0.25) is 0 Å². The van der Waals surface area contributed by atoms with Crippen molar-refractivity contribution in [2.45, 2.75) is 0 Å². The second-order valence-electron chi connectivity index (χ2n) is 1.48. The third kappa shape index (κ3) is 1.99. The van der Waals surface area contributed by atoms with E-state index in [-0.39, 0.29) is 0 Å². The predicted octanol–water partition coefficient (Wildman–Crippen LogP) is 3.40. The van der Waals surface area contributed by atoms with Crippen molar-refractivity contribution in [2.24, 2.45) is 0 Å². The van der Waals surface area contributed by atoms with E-state index in [4.69, 9.17) is 23.2 Å². The second kappa shape index (κ2) is 3.08. The SMILES string of the molecule is Clc1[c]cc(Cl)c(I)c1. The van der Waals surface area contributed by atoms with Crippen LogP contribution in [0, 0.1) is 9.64 Å². The lowest BCUT2D eigenvalue weighted by Crippen LogP contribution is -1.71. The molecule has 0 unspecified atom stereocenters. The Morgan fingerprint density at radius 3 is 2.56 bits per heavy atom. The molecule has 0 bridgehead atoms. The summed E-state index contributed by atoms with van der Waals surface area (Å²) in [4.78, 5) is 0. The van der Waals surface area contributed by atoms with Gasteiger partial charge in [0, 0.05) is 14.7 Å². The van der Waals surface area contributed by atoms with Gasteiger partial charge in [0.25, 0.3) is 0 Å². The summed E-state index contributed by atoms with van der Waals surface area (Å²) in [5.41, 5.74) is 0. The Hall–Kier alpha value is 0.530. The van der Waals surface area contributed by atoms with Crippen LogP contribution in [0.15, 0.2) is 12.1 Å². The Kier molecular flexibility index (Phi) is 2.61. The molecular weight excluding hydrogens is 270 g/mol. The molecule has 0 amide bonds. The Bertz CT molecular complexity index is 222. The van der Waals surface area contributed by atoms with Gasteiger partial charge in [0.05, 0.1) is 5.02 Å². The summed E-state index contributed by atoms with van der Waals surface area (Å²) in [6, 6.07) is 6.20. The molecular formula is C6H2Cl2I. The van der Waals surface area contributed by atoms with E-state index in [1.807, 2.05) is 0 Å². The fourth-order valence-corrected chi connectivity index (χ4v) is 1.35. The monoisotopic (exact) mass is 271 g/mol. The van der Waals surface area contributed by atoms with Gasteiger partial charge in [0.15, 0.2) is 0 Å². The first-order valence-corrected chi connectivity index (χ1v) is 4.06. The molecule has 1 aromatic carbocycles. The van der Waals surface area contributed by atoms with Crippen LogP contribution in [0.2, 0.25) is 10.0 Å². The van der Waals surface area contributed by atoms with Crippen LogP contribution in [0.4, 0.5) is 0 Å². The van der Waals surface area contributed by atoms with Crippen LogP contribution >= 0.6 is 45.8 Å². The van der Waals surface area contributed by atoms with E-state index >= 15 is 0 Å². The minimum Gasteiger partial charge on any atom is -0.0836 e. The molecule has 9 heavy (non-hydrogen) atoms. The lowest BCUT2D eigenvalue weighted by molar-refractivity contribution is 1.63. The minimum atomic E-state index is 0.601. The number of hydrogen-bond donors (Lipinski definition) is 0. The lowest BCUT2D eigenvalue weighted by atomic mass is 10.4. The van der Waals surface area contributed by atoms with Gasteiger partial charge in [-0.2, -0.15) is 0 Å². The van der Waals surface area contributed by atoms with Crippen LogP contribution < -0.4 is 0 Å². The summed E-state index contributed by atoms with van der Waals surface area (Å²) in [6.45, 7) is 0. The summed E-state index contributed by atoms with van der Waals surface area (Å²) in [5, 5.41) is 1.30. The highest BCUT2D eigenvalue weighted by Gasteiger charge is 1.94. The predicted molar refractivity (Wildman–Crippen MR) is 48.0 cm³/mol. The highest BCUT2D eigenvalue weighted by molar-refractivity contribution is 14.1. The summed E-state index contributed by atoms with van der Waals surface area (Å²) in [5.74, 6) is 0. The quantitative estimate of drug-likeness (QED) is 0.501. The van der Waals surface area contributed by atoms with Crippen molar-refractivity contribution in [1.29, 1.82) is 0 Å². The Morgan fingerprint density at radius 1 is 1.44 bits per heavy atom. The molecule has 0 spiro atoms. The molecule has 0 saturated carbocycles. The summed E-state index contributed by atoms with van der Waals surface area (Å²) in [7, 11) is 0. The van der Waals surface area contributed by atoms with E-state index in [0.29, 0.717) is 10.0 Å². The molecule has 3 heteroatoms. The van der Waals surface area contributed by atoms with Crippen molar-refractivity contribution in [1.82, 2.24) is 0 Å². The van der Waals surface area contributed by atoms with Crippen molar-refractivity contribution >= 4 is 45.8 Å². The van der Waals surface area contributed by atoms with Gasteiger partial charge in [0.2, 0.25) is 0 Å². The first-order chi connectivity index (χ1) is 4.20. The average Bonchev–Trinajstić information content (AvgIpc) is 1.80. The molecule has 0 fully saturated rings. The van der Waals surface area contributed by atoms with Crippen LogP contribution in [-0.2, 0) is 0 Å². The van der Waals surface area contributed by atoms with Crippen molar-refractivity contribution in [2.75, 3.05) is 0 Å². The van der Waals surface area contributed by atoms with Crippen molar-refractivity contribution < 1.29 is 0 Å². The standard InChI is InChI=1S/C6H2Cl2I/c7-4-1-2-5(8)6(9)3-4/h2-3H. The minimum absolute atomic E-state index is 0.601. The zero-order valence-corrected chi connectivity index (χ0v) is 7.96. The average molecular weight is 272 g/mol. The number of halogens is 3. The van der Waals surface area contributed by atoms with Crippen LogP contribution in [0.25, 0.3) is 0 Å². The van der Waals surface area contributed by atoms with Crippen LogP contribution in [-0.4, -0.2) is 0 Å². The third-order valence-corrected chi connectivity index (χ3v) is 2.56. The number of benzene rings is 1. The van der Waals surface area contributed by atoms with Crippen molar-refractivity contribution in [3.8, 4) is 0 Å². The zero-order chi connectivity index (χ0) is 6.85.